The van der Waals surface area contributed by atoms with Gasteiger partial charge in [-0.15, -0.1) is 0 Å². The van der Waals surface area contributed by atoms with Crippen molar-refractivity contribution in [3.05, 3.63) is 51.8 Å². The summed E-state index contributed by atoms with van der Waals surface area (Å²) in [6.07, 6.45) is 2.44. The van der Waals surface area contributed by atoms with Crippen LogP contribution >= 0.6 is 0 Å². The molecule has 0 atom stereocenters. The highest BCUT2D eigenvalue weighted by molar-refractivity contribution is 5.95. The summed E-state index contributed by atoms with van der Waals surface area (Å²) in [7, 11) is 0. The molecule has 1 aromatic heterocycles. The van der Waals surface area contributed by atoms with Crippen molar-refractivity contribution < 1.29 is 24.5 Å². The minimum Gasteiger partial charge on any atom is -0.505 e. The van der Waals surface area contributed by atoms with Crippen LogP contribution in [0.5, 0.6) is 11.5 Å². The summed E-state index contributed by atoms with van der Waals surface area (Å²) in [5.41, 5.74) is 4.65. The molecule has 154 valence electrons. The van der Waals surface area contributed by atoms with Gasteiger partial charge in [0, 0.05) is 25.2 Å². The minimum absolute atomic E-state index is 0.0952. The molecule has 2 heterocycles. The molecule has 2 aromatic rings. The van der Waals surface area contributed by atoms with Gasteiger partial charge in [0.15, 0.2) is 12.3 Å². The third kappa shape index (κ3) is 4.50. The molecule has 7 nitrogen and oxygen atoms in total. The van der Waals surface area contributed by atoms with E-state index in [4.69, 9.17) is 9.84 Å². The SMILES string of the molecule is Cc1cc(OCC(=O)O)c(C)c(C)c1Cc1ccc(O)c(C(=O)N2CCCC2)n1. The molecule has 7 heteroatoms. The number of hydrogen-bond acceptors (Lipinski definition) is 5. The van der Waals surface area contributed by atoms with Gasteiger partial charge in [-0.25, -0.2) is 9.78 Å². The highest BCUT2D eigenvalue weighted by Gasteiger charge is 2.24. The number of aromatic nitrogens is 1. The maximum atomic E-state index is 12.7. The van der Waals surface area contributed by atoms with E-state index in [0.29, 0.717) is 31.0 Å². The normalized spacial score (nSPS) is 13.6. The van der Waals surface area contributed by atoms with Crippen molar-refractivity contribution >= 4 is 11.9 Å². The Balaban J connectivity index is 1.88. The van der Waals surface area contributed by atoms with Gasteiger partial charge in [0.2, 0.25) is 0 Å². The van der Waals surface area contributed by atoms with E-state index in [-0.39, 0.29) is 24.0 Å². The smallest absolute Gasteiger partial charge is 0.341 e. The molecule has 0 spiro atoms. The summed E-state index contributed by atoms with van der Waals surface area (Å²) in [5.74, 6) is -0.807. The van der Waals surface area contributed by atoms with Crippen LogP contribution in [0.3, 0.4) is 0 Å². The predicted octanol–water partition coefficient (Wildman–Crippen LogP) is 3.00. The Morgan fingerprint density at radius 2 is 1.83 bits per heavy atom. The summed E-state index contributed by atoms with van der Waals surface area (Å²) in [5, 5.41) is 19.0. The van der Waals surface area contributed by atoms with Crippen LogP contribution in [0.1, 0.15) is 51.3 Å². The van der Waals surface area contributed by atoms with Crippen LogP contribution in [0.4, 0.5) is 0 Å². The number of ether oxygens (including phenoxy) is 1. The minimum atomic E-state index is -1.02. The van der Waals surface area contributed by atoms with E-state index in [1.165, 1.54) is 6.07 Å². The van der Waals surface area contributed by atoms with Gasteiger partial charge >= 0.3 is 5.97 Å². The van der Waals surface area contributed by atoms with Crippen molar-refractivity contribution in [2.45, 2.75) is 40.0 Å². The first kappa shape index (κ1) is 20.6. The first-order valence-corrected chi connectivity index (χ1v) is 9.70. The molecular weight excluding hydrogens is 372 g/mol. The first-order chi connectivity index (χ1) is 13.8. The number of carbonyl (C=O) groups is 2. The number of benzene rings is 1. The highest BCUT2D eigenvalue weighted by Crippen LogP contribution is 2.30. The highest BCUT2D eigenvalue weighted by atomic mass is 16.5. The number of amides is 1. The number of carboxylic acids is 1. The lowest BCUT2D eigenvalue weighted by atomic mass is 9.94. The molecule has 0 radical (unpaired) electrons. The van der Waals surface area contributed by atoms with Gasteiger partial charge in [-0.3, -0.25) is 4.79 Å². The van der Waals surface area contributed by atoms with Crippen molar-refractivity contribution in [3.63, 3.8) is 0 Å². The van der Waals surface area contributed by atoms with Gasteiger partial charge in [-0.1, -0.05) is 0 Å². The largest absolute Gasteiger partial charge is 0.505 e. The molecule has 1 aliphatic heterocycles. The summed E-state index contributed by atoms with van der Waals surface area (Å²) >= 11 is 0. The van der Waals surface area contributed by atoms with Crippen LogP contribution in [-0.4, -0.2) is 51.7 Å². The molecule has 0 unspecified atom stereocenters. The lowest BCUT2D eigenvalue weighted by Crippen LogP contribution is -2.28. The van der Waals surface area contributed by atoms with E-state index in [9.17, 15) is 14.7 Å². The number of aromatic hydroxyl groups is 1. The topological polar surface area (TPSA) is 100.0 Å². The lowest BCUT2D eigenvalue weighted by Gasteiger charge is -2.18. The molecule has 3 rings (SSSR count). The molecule has 1 fully saturated rings. The van der Waals surface area contributed by atoms with E-state index >= 15 is 0 Å². The van der Waals surface area contributed by atoms with Crippen molar-refractivity contribution in [3.8, 4) is 11.5 Å². The molecule has 2 N–H and O–H groups in total. The monoisotopic (exact) mass is 398 g/mol. The van der Waals surface area contributed by atoms with Crippen LogP contribution in [0.25, 0.3) is 0 Å². The van der Waals surface area contributed by atoms with Gasteiger partial charge < -0.3 is 19.8 Å². The molecular formula is C22H26N2O5. The van der Waals surface area contributed by atoms with Gasteiger partial charge in [0.25, 0.3) is 5.91 Å². The van der Waals surface area contributed by atoms with Gasteiger partial charge in [0.1, 0.15) is 11.5 Å². The average molecular weight is 398 g/mol. The zero-order chi connectivity index (χ0) is 21.1. The first-order valence-electron chi connectivity index (χ1n) is 9.70. The number of carbonyl (C=O) groups excluding carboxylic acids is 1. The molecule has 1 aliphatic rings. The predicted molar refractivity (Wildman–Crippen MR) is 108 cm³/mol. The van der Waals surface area contributed by atoms with Gasteiger partial charge in [0.05, 0.1) is 0 Å². The fourth-order valence-corrected chi connectivity index (χ4v) is 3.66. The molecule has 1 saturated heterocycles. The van der Waals surface area contributed by atoms with E-state index in [0.717, 1.165) is 35.1 Å². The molecule has 1 aromatic carbocycles. The van der Waals surface area contributed by atoms with E-state index in [1.807, 2.05) is 26.8 Å². The molecule has 0 bridgehead atoms. The van der Waals surface area contributed by atoms with Crippen molar-refractivity contribution in [2.24, 2.45) is 0 Å². The number of likely N-dealkylation sites (tertiary alicyclic amines) is 1. The Morgan fingerprint density at radius 3 is 2.48 bits per heavy atom. The Labute approximate surface area is 170 Å². The van der Waals surface area contributed by atoms with Crippen LogP contribution in [0.15, 0.2) is 18.2 Å². The maximum absolute atomic E-state index is 12.7. The number of nitrogens with zero attached hydrogens (tertiary/aromatic N) is 2. The Hall–Kier alpha value is -3.09. The molecule has 1 amide bonds. The number of hydrogen-bond donors (Lipinski definition) is 2. The molecule has 0 aliphatic carbocycles. The van der Waals surface area contributed by atoms with E-state index < -0.39 is 5.97 Å². The van der Waals surface area contributed by atoms with Crippen LogP contribution in [0, 0.1) is 20.8 Å². The molecule has 0 saturated carbocycles. The summed E-state index contributed by atoms with van der Waals surface area (Å²) < 4.78 is 5.39. The number of aryl methyl sites for hydroxylation is 1. The number of aliphatic carboxylic acids is 1. The second-order valence-corrected chi connectivity index (χ2v) is 7.45. The zero-order valence-electron chi connectivity index (χ0n) is 17.0. The summed E-state index contributed by atoms with van der Waals surface area (Å²) in [6, 6.07) is 5.07. The number of carboxylic acid groups (broad SMARTS) is 1. The summed E-state index contributed by atoms with van der Waals surface area (Å²) in [6.45, 7) is 6.79. The number of rotatable bonds is 6. The summed E-state index contributed by atoms with van der Waals surface area (Å²) in [4.78, 5) is 29.6. The molecule has 29 heavy (non-hydrogen) atoms. The lowest BCUT2D eigenvalue weighted by molar-refractivity contribution is -0.139. The van der Waals surface area contributed by atoms with Gasteiger partial charge in [-0.2, -0.15) is 0 Å². The van der Waals surface area contributed by atoms with Crippen molar-refractivity contribution in [2.75, 3.05) is 19.7 Å². The average Bonchev–Trinajstić information content (AvgIpc) is 3.22. The fraction of sp³-hybridized carbons (Fsp3) is 0.409. The van der Waals surface area contributed by atoms with Crippen molar-refractivity contribution in [1.29, 1.82) is 0 Å². The quantitative estimate of drug-likeness (QED) is 0.776. The fourth-order valence-electron chi connectivity index (χ4n) is 3.66. The zero-order valence-corrected chi connectivity index (χ0v) is 17.0. The van der Waals surface area contributed by atoms with Crippen molar-refractivity contribution in [1.82, 2.24) is 9.88 Å². The van der Waals surface area contributed by atoms with Crippen LogP contribution < -0.4 is 4.74 Å². The van der Waals surface area contributed by atoms with E-state index in [2.05, 4.69) is 4.98 Å². The standard InChI is InChI=1S/C22H26N2O5/c1-13-10-19(29-12-20(26)27)15(3)14(2)17(13)11-16-6-7-18(25)21(23-16)22(28)24-8-4-5-9-24/h6-7,10,25H,4-5,8-9,11-12H2,1-3H3,(H,26,27). The van der Waals surface area contributed by atoms with Gasteiger partial charge in [-0.05, 0) is 74.1 Å². The number of pyridine rings is 1. The second-order valence-electron chi connectivity index (χ2n) is 7.45. The Kier molecular flexibility index (Phi) is 6.06. The Morgan fingerprint density at radius 1 is 1.14 bits per heavy atom. The van der Waals surface area contributed by atoms with E-state index in [1.54, 1.807) is 11.0 Å². The van der Waals surface area contributed by atoms with Crippen LogP contribution in [-0.2, 0) is 11.2 Å². The second kappa shape index (κ2) is 8.51. The maximum Gasteiger partial charge on any atom is 0.341 e. The Bertz CT molecular complexity index is 949. The third-order valence-electron chi connectivity index (χ3n) is 5.44. The van der Waals surface area contributed by atoms with Crippen LogP contribution in [0.2, 0.25) is 0 Å². The third-order valence-corrected chi connectivity index (χ3v) is 5.44.